The van der Waals surface area contributed by atoms with Crippen molar-refractivity contribution in [1.29, 1.82) is 0 Å². The van der Waals surface area contributed by atoms with Gasteiger partial charge in [0.15, 0.2) is 4.34 Å². The van der Waals surface area contributed by atoms with E-state index in [1.807, 2.05) is 0 Å². The fourth-order valence-electron chi connectivity index (χ4n) is 1.49. The molecule has 8 heteroatoms. The van der Waals surface area contributed by atoms with Crippen molar-refractivity contribution in [2.45, 2.75) is 22.3 Å². The Kier molecular flexibility index (Phi) is 4.05. The maximum atomic E-state index is 12.8. The summed E-state index contributed by atoms with van der Waals surface area (Å²) < 4.78 is 39.1. The molecule has 1 N–H and O–H groups in total. The lowest BCUT2D eigenvalue weighted by Gasteiger charge is -2.11. The van der Waals surface area contributed by atoms with Gasteiger partial charge >= 0.3 is 12.1 Å². The summed E-state index contributed by atoms with van der Waals surface area (Å²) in [7, 11) is 0. The van der Waals surface area contributed by atoms with Gasteiger partial charge in [0.25, 0.3) is 0 Å². The molecule has 3 nitrogen and oxygen atoms in total. The van der Waals surface area contributed by atoms with Gasteiger partial charge in [-0.2, -0.15) is 13.2 Å². The van der Waals surface area contributed by atoms with E-state index >= 15 is 0 Å². The largest absolute Gasteiger partial charge is 0.478 e. The number of aromatic nitrogens is 1. The van der Waals surface area contributed by atoms with Crippen molar-refractivity contribution < 1.29 is 23.1 Å². The molecule has 0 fully saturated rings. The number of carboxylic acids is 1. The van der Waals surface area contributed by atoms with Gasteiger partial charge in [-0.25, -0.2) is 9.78 Å². The minimum Gasteiger partial charge on any atom is -0.478 e. The summed E-state index contributed by atoms with van der Waals surface area (Å²) in [5.41, 5.74) is -1.11. The molecule has 0 bridgehead atoms. The highest BCUT2D eigenvalue weighted by Crippen LogP contribution is 2.37. The van der Waals surface area contributed by atoms with Crippen molar-refractivity contribution in [2.75, 3.05) is 0 Å². The van der Waals surface area contributed by atoms with Crippen molar-refractivity contribution >= 4 is 29.1 Å². The number of alkyl halides is 3. The van der Waals surface area contributed by atoms with Gasteiger partial charge in [0.1, 0.15) is 0 Å². The number of carboxylic acid groups (broad SMARTS) is 1. The molecule has 0 unspecified atom stereocenters. The average Bonchev–Trinajstić information content (AvgIpc) is 2.73. The molecule has 1 aromatic heterocycles. The van der Waals surface area contributed by atoms with Crippen LogP contribution in [0, 0.1) is 6.92 Å². The standard InChI is InChI=1S/C12H8F3NO2S2/c1-6-5-19-11(16-6)20-7-2-3-8(10(17)18)9(4-7)12(13,14)15/h2-5H,1H3,(H,17,18). The number of carbonyl (C=O) groups is 1. The zero-order chi connectivity index (χ0) is 14.9. The first-order valence-electron chi connectivity index (χ1n) is 5.32. The number of hydrogen-bond acceptors (Lipinski definition) is 4. The summed E-state index contributed by atoms with van der Waals surface area (Å²) in [5.74, 6) is -1.60. The first-order valence-corrected chi connectivity index (χ1v) is 7.01. The SMILES string of the molecule is Cc1csc(Sc2ccc(C(=O)O)c(C(F)(F)F)c2)n1. The van der Waals surface area contributed by atoms with Gasteiger partial charge < -0.3 is 5.11 Å². The van der Waals surface area contributed by atoms with E-state index in [-0.39, 0.29) is 0 Å². The Balaban J connectivity index is 2.39. The van der Waals surface area contributed by atoms with Gasteiger partial charge in [-0.05, 0) is 25.1 Å². The molecule has 0 aliphatic rings. The quantitative estimate of drug-likeness (QED) is 0.915. The van der Waals surface area contributed by atoms with Crippen LogP contribution in [0.4, 0.5) is 13.2 Å². The topological polar surface area (TPSA) is 50.2 Å². The van der Waals surface area contributed by atoms with Crippen molar-refractivity contribution in [3.05, 3.63) is 40.4 Å². The van der Waals surface area contributed by atoms with Crippen LogP contribution in [0.1, 0.15) is 21.6 Å². The molecule has 0 saturated heterocycles. The molecule has 0 amide bonds. The number of thiazole rings is 1. The summed E-state index contributed by atoms with van der Waals surface area (Å²) in [6, 6.07) is 3.15. The van der Waals surface area contributed by atoms with Crippen molar-refractivity contribution in [3.8, 4) is 0 Å². The lowest BCUT2D eigenvalue weighted by molar-refractivity contribution is -0.138. The smallest absolute Gasteiger partial charge is 0.417 e. The average molecular weight is 319 g/mol. The molecule has 0 atom stereocenters. The number of aromatic carboxylic acids is 1. The molecule has 0 radical (unpaired) electrons. The Morgan fingerprint density at radius 1 is 1.40 bits per heavy atom. The molecule has 0 aliphatic heterocycles. The van der Waals surface area contributed by atoms with E-state index in [4.69, 9.17) is 5.11 Å². The Morgan fingerprint density at radius 2 is 2.10 bits per heavy atom. The second kappa shape index (κ2) is 5.45. The normalized spacial score (nSPS) is 11.6. The lowest BCUT2D eigenvalue weighted by atomic mass is 10.1. The number of halogens is 3. The van der Waals surface area contributed by atoms with Crippen LogP contribution in [0.3, 0.4) is 0 Å². The van der Waals surface area contributed by atoms with E-state index in [1.165, 1.54) is 17.4 Å². The Bertz CT molecular complexity index is 652. The zero-order valence-corrected chi connectivity index (χ0v) is 11.7. The van der Waals surface area contributed by atoms with E-state index in [0.717, 1.165) is 29.6 Å². The third kappa shape index (κ3) is 3.31. The first kappa shape index (κ1) is 14.9. The van der Waals surface area contributed by atoms with E-state index in [9.17, 15) is 18.0 Å². The van der Waals surface area contributed by atoms with Crippen LogP contribution in [-0.2, 0) is 6.18 Å². The highest BCUT2D eigenvalue weighted by Gasteiger charge is 2.35. The molecule has 1 aromatic carbocycles. The zero-order valence-electron chi connectivity index (χ0n) is 10.1. The van der Waals surface area contributed by atoms with Gasteiger partial charge in [0.05, 0.1) is 11.1 Å². The number of nitrogens with zero attached hydrogens (tertiary/aromatic N) is 1. The predicted octanol–water partition coefficient (Wildman–Crippen LogP) is 4.32. The van der Waals surface area contributed by atoms with Gasteiger partial charge in [0, 0.05) is 16.0 Å². The molecule has 0 spiro atoms. The molecule has 0 aliphatic carbocycles. The minimum absolute atomic E-state index is 0.302. The summed E-state index contributed by atoms with van der Waals surface area (Å²) >= 11 is 2.40. The third-order valence-corrected chi connectivity index (χ3v) is 4.38. The molecule has 2 rings (SSSR count). The van der Waals surface area contributed by atoms with Gasteiger partial charge in [-0.1, -0.05) is 11.8 Å². The van der Waals surface area contributed by atoms with Crippen LogP contribution in [0.25, 0.3) is 0 Å². The van der Waals surface area contributed by atoms with Crippen LogP contribution in [0.15, 0.2) is 32.8 Å². The maximum absolute atomic E-state index is 12.8. The number of rotatable bonds is 3. The second-order valence-corrected chi connectivity index (χ2v) is 6.05. The number of hydrogen-bond donors (Lipinski definition) is 1. The number of benzene rings is 1. The van der Waals surface area contributed by atoms with Crippen LogP contribution in [-0.4, -0.2) is 16.1 Å². The van der Waals surface area contributed by atoms with E-state index in [0.29, 0.717) is 9.24 Å². The monoisotopic (exact) mass is 319 g/mol. The fourth-order valence-corrected chi connectivity index (χ4v) is 3.34. The fraction of sp³-hybridized carbons (Fsp3) is 0.167. The Morgan fingerprint density at radius 3 is 2.60 bits per heavy atom. The number of aryl methyl sites for hydroxylation is 1. The van der Waals surface area contributed by atoms with Gasteiger partial charge in [0.2, 0.25) is 0 Å². The van der Waals surface area contributed by atoms with E-state index in [1.54, 1.807) is 12.3 Å². The summed E-state index contributed by atoms with van der Waals surface area (Å²) in [5, 5.41) is 10.6. The van der Waals surface area contributed by atoms with Crippen molar-refractivity contribution in [2.24, 2.45) is 0 Å². The van der Waals surface area contributed by atoms with Crippen LogP contribution >= 0.6 is 23.1 Å². The second-order valence-electron chi connectivity index (χ2n) is 3.87. The molecule has 106 valence electrons. The molecule has 20 heavy (non-hydrogen) atoms. The minimum atomic E-state index is -4.71. The molecular formula is C12H8F3NO2S2. The van der Waals surface area contributed by atoms with E-state index < -0.39 is 23.3 Å². The summed E-state index contributed by atoms with van der Waals surface area (Å²) in [6.07, 6.45) is -4.71. The van der Waals surface area contributed by atoms with Crippen molar-refractivity contribution in [3.63, 3.8) is 0 Å². The maximum Gasteiger partial charge on any atom is 0.417 e. The third-order valence-electron chi connectivity index (χ3n) is 2.33. The molecule has 1 heterocycles. The molecular weight excluding hydrogens is 311 g/mol. The van der Waals surface area contributed by atoms with Crippen molar-refractivity contribution in [1.82, 2.24) is 4.98 Å². The van der Waals surface area contributed by atoms with Gasteiger partial charge in [-0.15, -0.1) is 11.3 Å². The highest BCUT2D eigenvalue weighted by molar-refractivity contribution is 8.01. The van der Waals surface area contributed by atoms with Gasteiger partial charge in [-0.3, -0.25) is 0 Å². The first-order chi connectivity index (χ1) is 9.27. The van der Waals surface area contributed by atoms with E-state index in [2.05, 4.69) is 4.98 Å². The van der Waals surface area contributed by atoms with Crippen LogP contribution in [0.2, 0.25) is 0 Å². The highest BCUT2D eigenvalue weighted by atomic mass is 32.2. The Labute approximate surface area is 120 Å². The lowest BCUT2D eigenvalue weighted by Crippen LogP contribution is -2.12. The molecule has 2 aromatic rings. The molecule has 0 saturated carbocycles. The predicted molar refractivity (Wildman–Crippen MR) is 69.4 cm³/mol. The summed E-state index contributed by atoms with van der Waals surface area (Å²) in [6.45, 7) is 1.79. The summed E-state index contributed by atoms with van der Waals surface area (Å²) in [4.78, 5) is 15.3. The van der Waals surface area contributed by atoms with Crippen LogP contribution in [0.5, 0.6) is 0 Å². The Hall–Kier alpha value is -1.54. The van der Waals surface area contributed by atoms with Crippen LogP contribution < -0.4 is 0 Å².